The number of fused-ring (bicyclic) bond motifs is 4. The van der Waals surface area contributed by atoms with E-state index in [1.807, 2.05) is 35.3 Å². The average Bonchev–Trinajstić information content (AvgIpc) is 4.09. The minimum absolute atomic E-state index is 0.00479. The molecule has 11 nitrogen and oxygen atoms in total. The van der Waals surface area contributed by atoms with Gasteiger partial charge < -0.3 is 39.1 Å². The first-order valence-corrected chi connectivity index (χ1v) is 26.7. The Morgan fingerprint density at radius 2 is 1.74 bits per heavy atom. The number of phenols is 1. The van der Waals surface area contributed by atoms with Gasteiger partial charge in [-0.25, -0.2) is 9.78 Å². The predicted octanol–water partition coefficient (Wildman–Crippen LogP) is 9.16. The normalized spacial score (nSPS) is 17.9. The maximum absolute atomic E-state index is 13.5. The Morgan fingerprint density at radius 1 is 1.03 bits per heavy atom. The lowest BCUT2D eigenvalue weighted by atomic mass is 9.91. The van der Waals surface area contributed by atoms with Crippen LogP contribution in [0.25, 0.3) is 21.9 Å². The number of benzene rings is 2. The smallest absolute Gasteiger partial charge is 0.349 e. The standard InChI is InChI=1S/C48H61N5O6S2Si/c1-47(2,3)62(5,6)59-40(35-19-21-39(54)44-36(35)20-22-43(55)51-44)29-49-28-31-27-38-45(37-12-7-11-34(31)37)53(30-50-38)24-10-23-52(4)32-15-17-33(18-16-32)58-46(56)48(57,41-13-8-25-60-41)42-14-9-26-61-42/h8-9,13-14,19-22,25-27,30,32-33,40,49,54,57H,7,10-12,15-18,23-24,28-29H2,1-6H3,(H,51,55)/t32-,33-,40-/m0/s1. The molecule has 0 radical (unpaired) electrons. The van der Waals surface area contributed by atoms with Crippen molar-refractivity contribution in [2.75, 3.05) is 20.1 Å². The number of imidazole rings is 1. The molecule has 1 atom stereocenters. The van der Waals surface area contributed by atoms with Crippen molar-refractivity contribution in [1.29, 1.82) is 0 Å². The highest BCUT2D eigenvalue weighted by molar-refractivity contribution is 7.12. The fourth-order valence-electron chi connectivity index (χ4n) is 9.20. The maximum atomic E-state index is 13.5. The zero-order valence-electron chi connectivity index (χ0n) is 36.8. The number of esters is 1. The van der Waals surface area contributed by atoms with Crippen molar-refractivity contribution in [3.8, 4) is 5.75 Å². The van der Waals surface area contributed by atoms with E-state index in [0.29, 0.717) is 34.4 Å². The van der Waals surface area contributed by atoms with Crippen LogP contribution in [0.4, 0.5) is 0 Å². The molecule has 4 heterocycles. The summed E-state index contributed by atoms with van der Waals surface area (Å²) in [6, 6.07) is 16.9. The summed E-state index contributed by atoms with van der Waals surface area (Å²) >= 11 is 2.73. The Kier molecular flexibility index (Phi) is 13.0. The molecule has 8 rings (SSSR count). The lowest BCUT2D eigenvalue weighted by Gasteiger charge is -2.39. The fourth-order valence-corrected chi connectivity index (χ4v) is 12.2. The molecule has 0 bridgehead atoms. The molecule has 2 aromatic carbocycles. The summed E-state index contributed by atoms with van der Waals surface area (Å²) < 4.78 is 15.4. The van der Waals surface area contributed by atoms with Gasteiger partial charge in [-0.15, -0.1) is 22.7 Å². The molecule has 0 aliphatic heterocycles. The van der Waals surface area contributed by atoms with Crippen LogP contribution in [-0.2, 0) is 45.5 Å². The number of aromatic nitrogens is 3. The number of thiophene rings is 2. The molecule has 0 spiro atoms. The van der Waals surface area contributed by atoms with Gasteiger partial charge in [-0.2, -0.15) is 0 Å². The van der Waals surface area contributed by atoms with Crippen molar-refractivity contribution >= 4 is 58.9 Å². The first kappa shape index (κ1) is 44.5. The lowest BCUT2D eigenvalue weighted by molar-refractivity contribution is -0.169. The summed E-state index contributed by atoms with van der Waals surface area (Å²) in [6.45, 7) is 14.3. The van der Waals surface area contributed by atoms with Crippen molar-refractivity contribution in [2.24, 2.45) is 0 Å². The Morgan fingerprint density at radius 3 is 2.42 bits per heavy atom. The highest BCUT2D eigenvalue weighted by atomic mass is 32.1. The predicted molar refractivity (Wildman–Crippen MR) is 252 cm³/mol. The van der Waals surface area contributed by atoms with Gasteiger partial charge in [0.1, 0.15) is 11.9 Å². The summed E-state index contributed by atoms with van der Waals surface area (Å²) in [5.74, 6) is -0.534. The highest BCUT2D eigenvalue weighted by Crippen LogP contribution is 2.42. The van der Waals surface area contributed by atoms with Crippen LogP contribution in [0.2, 0.25) is 18.1 Å². The van der Waals surface area contributed by atoms with Gasteiger partial charge in [0, 0.05) is 37.1 Å². The maximum Gasteiger partial charge on any atom is 0.349 e. The first-order chi connectivity index (χ1) is 29.6. The number of ether oxygens (including phenoxy) is 1. The van der Waals surface area contributed by atoms with E-state index in [-0.39, 0.29) is 28.6 Å². The number of nitrogens with zero attached hydrogens (tertiary/aromatic N) is 3. The first-order valence-electron chi connectivity index (χ1n) is 22.1. The van der Waals surface area contributed by atoms with E-state index in [9.17, 15) is 19.8 Å². The molecule has 0 amide bonds. The summed E-state index contributed by atoms with van der Waals surface area (Å²) in [5, 5.41) is 30.6. The van der Waals surface area contributed by atoms with Gasteiger partial charge in [-0.1, -0.05) is 39.0 Å². The third-order valence-electron chi connectivity index (χ3n) is 13.7. The molecule has 0 unspecified atom stereocenters. The minimum atomic E-state index is -2.21. The molecule has 1 saturated carbocycles. The molecule has 4 aromatic heterocycles. The molecule has 4 N–H and O–H groups in total. The van der Waals surface area contributed by atoms with Crippen molar-refractivity contribution in [3.63, 3.8) is 0 Å². The zero-order chi connectivity index (χ0) is 43.8. The number of aromatic hydroxyl groups is 1. The second-order valence-electron chi connectivity index (χ2n) is 18.8. The number of aliphatic hydroxyl groups is 1. The van der Waals surface area contributed by atoms with Crippen LogP contribution >= 0.6 is 22.7 Å². The van der Waals surface area contributed by atoms with Gasteiger partial charge in [0.05, 0.1) is 38.7 Å². The quantitative estimate of drug-likeness (QED) is 0.0553. The number of hydrogen-bond donors (Lipinski definition) is 4. The zero-order valence-corrected chi connectivity index (χ0v) is 39.5. The second-order valence-corrected chi connectivity index (χ2v) is 25.4. The third kappa shape index (κ3) is 8.97. The van der Waals surface area contributed by atoms with E-state index in [4.69, 9.17) is 14.1 Å². The summed E-state index contributed by atoms with van der Waals surface area (Å²) in [7, 11) is -0.00691. The second kappa shape index (κ2) is 18.1. The Balaban J connectivity index is 0.886. The molecular formula is C48H61N5O6S2Si. The average molecular weight is 896 g/mol. The van der Waals surface area contributed by atoms with Crippen molar-refractivity contribution in [1.82, 2.24) is 24.8 Å². The van der Waals surface area contributed by atoms with Crippen LogP contribution < -0.4 is 10.9 Å². The van der Waals surface area contributed by atoms with Crippen LogP contribution in [0.5, 0.6) is 5.75 Å². The molecule has 2 aliphatic rings. The molecule has 14 heteroatoms. The number of phenolic OH excluding ortho intramolecular Hbond substituents is 1. The van der Waals surface area contributed by atoms with Crippen molar-refractivity contribution in [3.05, 3.63) is 114 Å². The van der Waals surface area contributed by atoms with Gasteiger partial charge in [0.2, 0.25) is 11.2 Å². The molecule has 6 aromatic rings. The van der Waals surface area contributed by atoms with E-state index in [1.54, 1.807) is 24.3 Å². The topological polar surface area (TPSA) is 142 Å². The van der Waals surface area contributed by atoms with E-state index >= 15 is 0 Å². The largest absolute Gasteiger partial charge is 0.506 e. The Bertz CT molecular complexity index is 2520. The summed E-state index contributed by atoms with van der Waals surface area (Å²) in [5.41, 5.74) is 5.79. The number of rotatable bonds is 16. The minimum Gasteiger partial charge on any atom is -0.506 e. The summed E-state index contributed by atoms with van der Waals surface area (Å²) in [6.07, 6.45) is 9.19. The van der Waals surface area contributed by atoms with E-state index in [2.05, 4.69) is 66.7 Å². The number of hydrogen-bond acceptors (Lipinski definition) is 11. The number of pyridine rings is 1. The van der Waals surface area contributed by atoms with Crippen LogP contribution in [0.15, 0.2) is 76.5 Å². The van der Waals surface area contributed by atoms with Crippen LogP contribution in [0.3, 0.4) is 0 Å². The van der Waals surface area contributed by atoms with Crippen molar-refractivity contribution < 1.29 is 24.2 Å². The number of nitrogens with one attached hydrogen (secondary N) is 2. The van der Waals surface area contributed by atoms with E-state index in [0.717, 1.165) is 80.9 Å². The SMILES string of the molecule is CN(CCCn1cnc2cc(CNC[C@H](O[Si](C)(C)C(C)(C)C)c3ccc(O)c4[nH]c(=O)ccc34)c3c(c21)CCC3)[C@H]1CC[C@H](OC(=O)C(O)(c2cccs2)c2cccs2)CC1. The van der Waals surface area contributed by atoms with Gasteiger partial charge in [-0.05, 0) is 146 Å². The van der Waals surface area contributed by atoms with Crippen molar-refractivity contribution in [2.45, 2.75) is 127 Å². The van der Waals surface area contributed by atoms with Gasteiger partial charge >= 0.3 is 5.97 Å². The van der Waals surface area contributed by atoms with Gasteiger partial charge in [-0.3, -0.25) is 4.79 Å². The molecular weight excluding hydrogens is 835 g/mol. The number of aromatic amines is 1. The van der Waals surface area contributed by atoms with E-state index < -0.39 is 19.9 Å². The highest BCUT2D eigenvalue weighted by Gasteiger charge is 2.45. The van der Waals surface area contributed by atoms with Crippen LogP contribution in [0.1, 0.15) is 97.4 Å². The molecule has 0 saturated heterocycles. The van der Waals surface area contributed by atoms with Crippen LogP contribution in [0, 0.1) is 0 Å². The number of carbonyl (C=O) groups is 1. The van der Waals surface area contributed by atoms with Gasteiger partial charge in [0.25, 0.3) is 0 Å². The number of H-pyrrole nitrogens is 1. The monoisotopic (exact) mass is 895 g/mol. The number of aryl methyl sites for hydroxylation is 2. The van der Waals surface area contributed by atoms with Crippen LogP contribution in [-0.4, -0.2) is 76.2 Å². The summed E-state index contributed by atoms with van der Waals surface area (Å²) in [4.78, 5) is 37.1. The molecule has 1 fully saturated rings. The number of carbonyl (C=O) groups excluding carboxylic acids is 1. The Labute approximate surface area is 373 Å². The van der Waals surface area contributed by atoms with E-state index in [1.165, 1.54) is 50.9 Å². The lowest BCUT2D eigenvalue weighted by Crippen LogP contribution is -2.43. The molecule has 62 heavy (non-hydrogen) atoms. The van der Waals surface area contributed by atoms with Gasteiger partial charge in [0.15, 0.2) is 8.32 Å². The third-order valence-corrected chi connectivity index (χ3v) is 20.2. The molecule has 2 aliphatic carbocycles. The molecule has 330 valence electrons. The fraction of sp³-hybridized carbons (Fsp3) is 0.479. The Hall–Kier alpha value is -4.15.